The Balaban J connectivity index is 1.72. The molecule has 3 heteroatoms. The highest BCUT2D eigenvalue weighted by atomic mass is 16.2. The predicted octanol–water partition coefficient (Wildman–Crippen LogP) is 3.02. The molecule has 110 valence electrons. The Kier molecular flexibility index (Phi) is 5.60. The van der Waals surface area contributed by atoms with E-state index in [2.05, 4.69) is 12.2 Å². The molecule has 0 saturated heterocycles. The van der Waals surface area contributed by atoms with E-state index in [0.29, 0.717) is 0 Å². The van der Waals surface area contributed by atoms with E-state index in [1.54, 1.807) is 0 Å². The van der Waals surface area contributed by atoms with Crippen LogP contribution in [0.1, 0.15) is 50.6 Å². The first-order valence-electron chi connectivity index (χ1n) is 7.75. The highest BCUT2D eigenvalue weighted by Crippen LogP contribution is 2.30. The van der Waals surface area contributed by atoms with E-state index < -0.39 is 6.04 Å². The van der Waals surface area contributed by atoms with Crippen LogP contribution < -0.4 is 11.1 Å². The number of rotatable bonds is 5. The predicted molar refractivity (Wildman–Crippen MR) is 82.1 cm³/mol. The number of hydrogen-bond donors (Lipinski definition) is 2. The van der Waals surface area contributed by atoms with Gasteiger partial charge in [-0.05, 0) is 30.2 Å². The maximum atomic E-state index is 12.0. The zero-order valence-corrected chi connectivity index (χ0v) is 12.3. The molecular formula is C17H26N2O. The molecule has 1 aliphatic carbocycles. The minimum atomic E-state index is -0.554. The van der Waals surface area contributed by atoms with E-state index in [-0.39, 0.29) is 5.91 Å². The van der Waals surface area contributed by atoms with E-state index in [1.165, 1.54) is 25.7 Å². The molecule has 0 radical (unpaired) electrons. The fourth-order valence-corrected chi connectivity index (χ4v) is 3.14. The highest BCUT2D eigenvalue weighted by Gasteiger charge is 2.19. The molecule has 20 heavy (non-hydrogen) atoms. The number of hydrogen-bond acceptors (Lipinski definition) is 2. The molecule has 0 aliphatic heterocycles. The average molecular weight is 274 g/mol. The van der Waals surface area contributed by atoms with Crippen LogP contribution in [0, 0.1) is 11.8 Å². The van der Waals surface area contributed by atoms with Crippen molar-refractivity contribution < 1.29 is 4.79 Å². The van der Waals surface area contributed by atoms with Gasteiger partial charge < -0.3 is 11.1 Å². The van der Waals surface area contributed by atoms with E-state index in [4.69, 9.17) is 5.73 Å². The van der Waals surface area contributed by atoms with Crippen molar-refractivity contribution in [1.29, 1.82) is 0 Å². The van der Waals surface area contributed by atoms with Crippen molar-refractivity contribution in [2.75, 3.05) is 6.54 Å². The van der Waals surface area contributed by atoms with Crippen molar-refractivity contribution in [2.45, 2.75) is 45.1 Å². The van der Waals surface area contributed by atoms with E-state index in [1.807, 2.05) is 30.3 Å². The minimum Gasteiger partial charge on any atom is -0.354 e. The van der Waals surface area contributed by atoms with Crippen molar-refractivity contribution in [2.24, 2.45) is 17.6 Å². The Morgan fingerprint density at radius 2 is 2.10 bits per heavy atom. The summed E-state index contributed by atoms with van der Waals surface area (Å²) < 4.78 is 0. The summed E-state index contributed by atoms with van der Waals surface area (Å²) in [5, 5.41) is 2.98. The molecule has 2 rings (SSSR count). The summed E-state index contributed by atoms with van der Waals surface area (Å²) >= 11 is 0. The van der Waals surface area contributed by atoms with Gasteiger partial charge in [-0.2, -0.15) is 0 Å². The van der Waals surface area contributed by atoms with Gasteiger partial charge in [0.05, 0.1) is 0 Å². The molecular weight excluding hydrogens is 248 g/mol. The van der Waals surface area contributed by atoms with Crippen LogP contribution in [0.25, 0.3) is 0 Å². The second-order valence-corrected chi connectivity index (χ2v) is 6.11. The third-order valence-electron chi connectivity index (χ3n) is 4.34. The molecule has 1 fully saturated rings. The maximum absolute atomic E-state index is 12.0. The minimum absolute atomic E-state index is 0.0694. The van der Waals surface area contributed by atoms with Crippen LogP contribution in [-0.2, 0) is 4.79 Å². The van der Waals surface area contributed by atoms with Crippen LogP contribution in [0.5, 0.6) is 0 Å². The quantitative estimate of drug-likeness (QED) is 0.867. The smallest absolute Gasteiger partial charge is 0.241 e. The molecule has 1 aliphatic rings. The summed E-state index contributed by atoms with van der Waals surface area (Å²) in [5.41, 5.74) is 6.84. The lowest BCUT2D eigenvalue weighted by molar-refractivity contribution is -0.122. The molecule has 0 bridgehead atoms. The summed E-state index contributed by atoms with van der Waals surface area (Å²) in [7, 11) is 0. The molecule has 3 nitrogen and oxygen atoms in total. The second-order valence-electron chi connectivity index (χ2n) is 6.11. The summed E-state index contributed by atoms with van der Waals surface area (Å²) in [6.45, 7) is 3.08. The molecule has 3 atom stereocenters. The van der Waals surface area contributed by atoms with Gasteiger partial charge in [0, 0.05) is 6.54 Å². The van der Waals surface area contributed by atoms with Gasteiger partial charge in [0.1, 0.15) is 6.04 Å². The van der Waals surface area contributed by atoms with Gasteiger partial charge >= 0.3 is 0 Å². The molecule has 1 saturated carbocycles. The Hall–Kier alpha value is -1.35. The van der Waals surface area contributed by atoms with E-state index >= 15 is 0 Å². The topological polar surface area (TPSA) is 55.1 Å². The fourth-order valence-electron chi connectivity index (χ4n) is 3.14. The van der Waals surface area contributed by atoms with Gasteiger partial charge in [-0.1, -0.05) is 56.5 Å². The molecule has 3 N–H and O–H groups in total. The third kappa shape index (κ3) is 4.34. The largest absolute Gasteiger partial charge is 0.354 e. The Bertz CT molecular complexity index is 418. The molecule has 2 unspecified atom stereocenters. The average Bonchev–Trinajstić information content (AvgIpc) is 2.47. The number of carbonyl (C=O) groups excluding carboxylic acids is 1. The van der Waals surface area contributed by atoms with Gasteiger partial charge in [0.25, 0.3) is 0 Å². The zero-order valence-electron chi connectivity index (χ0n) is 12.3. The first-order chi connectivity index (χ1) is 9.66. The molecule has 1 aromatic carbocycles. The summed E-state index contributed by atoms with van der Waals surface area (Å²) in [4.78, 5) is 12.0. The van der Waals surface area contributed by atoms with Crippen LogP contribution in [0.15, 0.2) is 30.3 Å². The summed E-state index contributed by atoms with van der Waals surface area (Å²) in [6.07, 6.45) is 6.40. The van der Waals surface area contributed by atoms with Crippen molar-refractivity contribution in [1.82, 2.24) is 5.32 Å². The lowest BCUT2D eigenvalue weighted by Crippen LogP contribution is -2.35. The molecule has 1 aromatic rings. The first kappa shape index (κ1) is 15.0. The van der Waals surface area contributed by atoms with Crippen molar-refractivity contribution in [3.63, 3.8) is 0 Å². The van der Waals surface area contributed by atoms with Gasteiger partial charge in [0.15, 0.2) is 0 Å². The molecule has 0 heterocycles. The van der Waals surface area contributed by atoms with Gasteiger partial charge in [-0.3, -0.25) is 4.79 Å². The van der Waals surface area contributed by atoms with Gasteiger partial charge in [-0.15, -0.1) is 0 Å². The summed E-state index contributed by atoms with van der Waals surface area (Å²) in [5.74, 6) is 1.54. The van der Waals surface area contributed by atoms with Gasteiger partial charge in [0.2, 0.25) is 5.91 Å². The van der Waals surface area contributed by atoms with Crippen molar-refractivity contribution >= 4 is 5.91 Å². The number of benzene rings is 1. The van der Waals surface area contributed by atoms with Crippen LogP contribution in [-0.4, -0.2) is 12.5 Å². The molecule has 0 spiro atoms. The second kappa shape index (κ2) is 7.44. The third-order valence-corrected chi connectivity index (χ3v) is 4.34. The standard InChI is InChI=1S/C17H26N2O/c1-13-6-5-7-14(12-13)10-11-19-17(20)16(18)15-8-3-2-4-9-15/h2-4,8-9,13-14,16H,5-7,10-12,18H2,1H3,(H,19,20)/t13?,14?,16-/m0/s1. The Labute approximate surface area is 121 Å². The monoisotopic (exact) mass is 274 g/mol. The number of amides is 1. The SMILES string of the molecule is CC1CCCC(CCNC(=O)[C@@H](N)c2ccccc2)C1. The summed E-state index contributed by atoms with van der Waals surface area (Å²) in [6, 6.07) is 8.98. The molecule has 0 aromatic heterocycles. The first-order valence-corrected chi connectivity index (χ1v) is 7.75. The lowest BCUT2D eigenvalue weighted by atomic mass is 9.81. The van der Waals surface area contributed by atoms with Crippen molar-refractivity contribution in [3.05, 3.63) is 35.9 Å². The zero-order chi connectivity index (χ0) is 14.4. The number of nitrogens with one attached hydrogen (secondary N) is 1. The fraction of sp³-hybridized carbons (Fsp3) is 0.588. The normalized spacial score (nSPS) is 24.1. The van der Waals surface area contributed by atoms with E-state index in [9.17, 15) is 4.79 Å². The van der Waals surface area contributed by atoms with Crippen LogP contribution >= 0.6 is 0 Å². The maximum Gasteiger partial charge on any atom is 0.241 e. The van der Waals surface area contributed by atoms with Crippen molar-refractivity contribution in [3.8, 4) is 0 Å². The van der Waals surface area contributed by atoms with Crippen LogP contribution in [0.3, 0.4) is 0 Å². The molecule has 1 amide bonds. The van der Waals surface area contributed by atoms with Crippen LogP contribution in [0.4, 0.5) is 0 Å². The Morgan fingerprint density at radius 1 is 1.35 bits per heavy atom. The van der Waals surface area contributed by atoms with Crippen LogP contribution in [0.2, 0.25) is 0 Å². The Morgan fingerprint density at radius 3 is 2.80 bits per heavy atom. The number of carbonyl (C=O) groups is 1. The lowest BCUT2D eigenvalue weighted by Gasteiger charge is -2.26. The highest BCUT2D eigenvalue weighted by molar-refractivity contribution is 5.82. The van der Waals surface area contributed by atoms with Gasteiger partial charge in [-0.25, -0.2) is 0 Å². The number of nitrogens with two attached hydrogens (primary N) is 1. The van der Waals surface area contributed by atoms with E-state index in [0.717, 1.165) is 30.4 Å².